The van der Waals surface area contributed by atoms with E-state index in [2.05, 4.69) is 19.1 Å². The lowest BCUT2D eigenvalue weighted by atomic mass is 9.93. The zero-order valence-corrected chi connectivity index (χ0v) is 22.7. The van der Waals surface area contributed by atoms with Crippen LogP contribution in [0, 0.1) is 5.41 Å². The van der Waals surface area contributed by atoms with E-state index in [1.165, 1.54) is 5.56 Å². The molecule has 1 aromatic heterocycles. The topological polar surface area (TPSA) is 55.2 Å². The third kappa shape index (κ3) is 5.62. The third-order valence-electron chi connectivity index (χ3n) is 6.90. The molecule has 0 fully saturated rings. The second-order valence-corrected chi connectivity index (χ2v) is 10.3. The predicted octanol–water partition coefficient (Wildman–Crippen LogP) is 6.35. The van der Waals surface area contributed by atoms with E-state index >= 15 is 0 Å². The number of alkyl halides is 1. The Bertz CT molecular complexity index is 1430. The zero-order chi connectivity index (χ0) is 26.6. The van der Waals surface area contributed by atoms with Gasteiger partial charge >= 0.3 is 0 Å². The van der Waals surface area contributed by atoms with Crippen molar-refractivity contribution in [1.82, 2.24) is 14.5 Å². The molecule has 1 amide bonds. The van der Waals surface area contributed by atoms with Crippen LogP contribution in [-0.4, -0.2) is 32.8 Å². The molecule has 0 aliphatic heterocycles. The second-order valence-electron chi connectivity index (χ2n) is 10.1. The first-order chi connectivity index (χ1) is 17.8. The highest BCUT2D eigenvalue weighted by Gasteiger charge is 2.35. The molecular weight excluding hydrogens is 482 g/mol. The van der Waals surface area contributed by atoms with E-state index in [-0.39, 0.29) is 17.3 Å². The smallest absolute Gasteiger partial charge is 0.266 e. The molecule has 0 N–H and O–H groups in total. The van der Waals surface area contributed by atoms with E-state index in [1.54, 1.807) is 10.6 Å². The van der Waals surface area contributed by atoms with Gasteiger partial charge in [0.1, 0.15) is 5.82 Å². The fourth-order valence-electron chi connectivity index (χ4n) is 4.51. The minimum absolute atomic E-state index is 0.0683. The van der Waals surface area contributed by atoms with Crippen LogP contribution in [0.2, 0.25) is 0 Å². The van der Waals surface area contributed by atoms with Crippen molar-refractivity contribution in [2.75, 3.05) is 12.4 Å². The Morgan fingerprint density at radius 1 is 0.973 bits per heavy atom. The molecule has 4 aromatic rings. The maximum Gasteiger partial charge on any atom is 0.266 e. The van der Waals surface area contributed by atoms with Crippen LogP contribution >= 0.6 is 11.6 Å². The first-order valence-corrected chi connectivity index (χ1v) is 13.3. The normalized spacial score (nSPS) is 12.5. The number of benzene rings is 3. The SMILES string of the molecule is CCc1ccc(-n2c(C(C)N(CCc3ccccc3)C(=O)C(C)(C)CCl)nc3ccccc3c2=O)cc1. The fraction of sp³-hybridized carbons (Fsp3) is 0.323. The standard InChI is InChI=1S/C31H34ClN3O2/c1-5-23-15-17-25(18-16-23)35-28(33-27-14-10-9-13-26(27)29(35)36)22(2)34(30(37)31(3,4)21-32)20-19-24-11-7-6-8-12-24/h6-18,22H,5,19-21H2,1-4H3. The molecule has 0 aliphatic carbocycles. The van der Waals surface area contributed by atoms with Crippen LogP contribution in [0.15, 0.2) is 83.7 Å². The molecule has 4 rings (SSSR count). The van der Waals surface area contributed by atoms with Gasteiger partial charge in [0.25, 0.3) is 5.56 Å². The average molecular weight is 516 g/mol. The summed E-state index contributed by atoms with van der Waals surface area (Å²) in [7, 11) is 0. The van der Waals surface area contributed by atoms with E-state index in [0.29, 0.717) is 29.7 Å². The van der Waals surface area contributed by atoms with Crippen molar-refractivity contribution in [3.8, 4) is 5.69 Å². The van der Waals surface area contributed by atoms with Crippen LogP contribution in [-0.2, 0) is 17.6 Å². The maximum atomic E-state index is 13.8. The lowest BCUT2D eigenvalue weighted by molar-refractivity contribution is -0.141. The fourth-order valence-corrected chi connectivity index (χ4v) is 4.63. The van der Waals surface area contributed by atoms with Gasteiger partial charge in [0.2, 0.25) is 5.91 Å². The summed E-state index contributed by atoms with van der Waals surface area (Å²) in [5, 5.41) is 0.543. The highest BCUT2D eigenvalue weighted by molar-refractivity contribution is 6.19. The number of carbonyl (C=O) groups excluding carboxylic acids is 1. The largest absolute Gasteiger partial charge is 0.332 e. The summed E-state index contributed by atoms with van der Waals surface area (Å²) in [6.45, 7) is 8.23. The van der Waals surface area contributed by atoms with E-state index in [9.17, 15) is 9.59 Å². The molecule has 0 aliphatic rings. The van der Waals surface area contributed by atoms with Gasteiger partial charge in [-0.2, -0.15) is 0 Å². The number of aryl methyl sites for hydroxylation is 1. The number of hydrogen-bond acceptors (Lipinski definition) is 3. The molecule has 37 heavy (non-hydrogen) atoms. The van der Waals surface area contributed by atoms with Crippen molar-refractivity contribution in [3.63, 3.8) is 0 Å². The molecule has 1 atom stereocenters. The molecule has 3 aromatic carbocycles. The Morgan fingerprint density at radius 2 is 1.62 bits per heavy atom. The van der Waals surface area contributed by atoms with Gasteiger partial charge in [-0.3, -0.25) is 14.2 Å². The predicted molar refractivity (Wildman–Crippen MR) is 151 cm³/mol. The molecule has 0 saturated heterocycles. The van der Waals surface area contributed by atoms with Gasteiger partial charge in [0, 0.05) is 12.4 Å². The minimum Gasteiger partial charge on any atom is -0.332 e. The number of rotatable bonds is 9. The highest BCUT2D eigenvalue weighted by Crippen LogP contribution is 2.29. The number of fused-ring (bicyclic) bond motifs is 1. The number of hydrogen-bond donors (Lipinski definition) is 0. The van der Waals surface area contributed by atoms with Crippen LogP contribution in [0.5, 0.6) is 0 Å². The maximum absolute atomic E-state index is 13.8. The van der Waals surface area contributed by atoms with E-state index < -0.39 is 11.5 Å². The van der Waals surface area contributed by atoms with E-state index in [0.717, 1.165) is 17.7 Å². The van der Waals surface area contributed by atoms with Gasteiger partial charge in [0.15, 0.2) is 0 Å². The number of amides is 1. The number of nitrogens with zero attached hydrogens (tertiary/aromatic N) is 3. The van der Waals surface area contributed by atoms with Crippen LogP contribution in [0.4, 0.5) is 0 Å². The van der Waals surface area contributed by atoms with Crippen LogP contribution < -0.4 is 5.56 Å². The Balaban J connectivity index is 1.86. The van der Waals surface area contributed by atoms with E-state index in [4.69, 9.17) is 16.6 Å². The molecule has 0 radical (unpaired) electrons. The summed E-state index contributed by atoms with van der Waals surface area (Å²) in [6, 6.07) is 24.9. The Morgan fingerprint density at radius 3 is 2.27 bits per heavy atom. The summed E-state index contributed by atoms with van der Waals surface area (Å²) >= 11 is 6.24. The van der Waals surface area contributed by atoms with Gasteiger partial charge in [0.05, 0.1) is 28.0 Å². The Labute approximate surface area is 223 Å². The molecule has 192 valence electrons. The van der Waals surface area contributed by atoms with Crippen molar-refractivity contribution in [1.29, 1.82) is 0 Å². The number of carbonyl (C=O) groups is 1. The van der Waals surface area contributed by atoms with Crippen molar-refractivity contribution < 1.29 is 4.79 Å². The molecular formula is C31H34ClN3O2. The average Bonchev–Trinajstić information content (AvgIpc) is 2.93. The third-order valence-corrected chi connectivity index (χ3v) is 7.57. The Kier molecular flexibility index (Phi) is 8.13. The highest BCUT2D eigenvalue weighted by atomic mass is 35.5. The van der Waals surface area contributed by atoms with E-state index in [1.807, 2.05) is 86.3 Å². The zero-order valence-electron chi connectivity index (χ0n) is 21.9. The van der Waals surface area contributed by atoms with Gasteiger partial charge in [-0.25, -0.2) is 4.98 Å². The van der Waals surface area contributed by atoms with Crippen molar-refractivity contribution in [2.24, 2.45) is 5.41 Å². The lowest BCUT2D eigenvalue weighted by Gasteiger charge is -2.35. The molecule has 1 heterocycles. The summed E-state index contributed by atoms with van der Waals surface area (Å²) in [4.78, 5) is 34.4. The summed E-state index contributed by atoms with van der Waals surface area (Å²) < 4.78 is 1.66. The van der Waals surface area contributed by atoms with Gasteiger partial charge < -0.3 is 4.90 Å². The molecule has 0 saturated carbocycles. The molecule has 0 bridgehead atoms. The number of aromatic nitrogens is 2. The molecule has 0 spiro atoms. The number of para-hydroxylation sites is 1. The first kappa shape index (κ1) is 26.6. The monoisotopic (exact) mass is 515 g/mol. The van der Waals surface area contributed by atoms with Gasteiger partial charge in [-0.05, 0) is 69.0 Å². The Hall–Kier alpha value is -3.44. The van der Waals surface area contributed by atoms with Crippen LogP contribution in [0.3, 0.4) is 0 Å². The lowest BCUT2D eigenvalue weighted by Crippen LogP contribution is -2.45. The summed E-state index contributed by atoms with van der Waals surface area (Å²) in [5.74, 6) is 0.651. The number of halogens is 1. The second kappa shape index (κ2) is 11.3. The first-order valence-electron chi connectivity index (χ1n) is 12.8. The van der Waals surface area contributed by atoms with Gasteiger partial charge in [-0.15, -0.1) is 11.6 Å². The quantitative estimate of drug-likeness (QED) is 0.244. The van der Waals surface area contributed by atoms with Crippen molar-refractivity contribution in [2.45, 2.75) is 46.6 Å². The van der Waals surface area contributed by atoms with Gasteiger partial charge in [-0.1, -0.05) is 61.5 Å². The minimum atomic E-state index is -0.767. The van der Waals surface area contributed by atoms with Crippen LogP contribution in [0.25, 0.3) is 16.6 Å². The molecule has 6 heteroatoms. The molecule has 1 unspecified atom stereocenters. The summed E-state index contributed by atoms with van der Waals surface area (Å²) in [6.07, 6.45) is 1.59. The molecule has 5 nitrogen and oxygen atoms in total. The summed E-state index contributed by atoms with van der Waals surface area (Å²) in [5.41, 5.74) is 2.75. The van der Waals surface area contributed by atoms with Crippen molar-refractivity contribution >= 4 is 28.4 Å². The van der Waals surface area contributed by atoms with Crippen molar-refractivity contribution in [3.05, 3.63) is 106 Å². The van der Waals surface area contributed by atoms with Crippen LogP contribution in [0.1, 0.15) is 50.7 Å².